The molecule has 0 spiro atoms. The second-order valence-electron chi connectivity index (χ2n) is 20.4. The third-order valence-corrected chi connectivity index (χ3v) is 14.9. The Balaban J connectivity index is 0.866. The van der Waals surface area contributed by atoms with Gasteiger partial charge < -0.3 is 28.6 Å². The highest BCUT2D eigenvalue weighted by Gasteiger charge is 2.47. The van der Waals surface area contributed by atoms with Crippen LogP contribution in [0.2, 0.25) is 5.02 Å². The lowest BCUT2D eigenvalue weighted by molar-refractivity contribution is -0.136. The van der Waals surface area contributed by atoms with E-state index in [-0.39, 0.29) is 54.1 Å². The number of likely N-dealkylation sites (tertiary alicyclic amines) is 2. The second kappa shape index (κ2) is 19.2. The number of amides is 5. The van der Waals surface area contributed by atoms with Crippen molar-refractivity contribution in [1.82, 2.24) is 34.4 Å². The summed E-state index contributed by atoms with van der Waals surface area (Å²) in [6, 6.07) is 21.6. The molecular formula is C55H58ClN7O9. The molecule has 4 aliphatic rings. The molecule has 72 heavy (non-hydrogen) atoms. The number of hydrogen-bond donors (Lipinski definition) is 1. The van der Waals surface area contributed by atoms with Crippen molar-refractivity contribution in [1.29, 1.82) is 0 Å². The van der Waals surface area contributed by atoms with Gasteiger partial charge >= 0.3 is 5.97 Å². The van der Waals surface area contributed by atoms with Crippen LogP contribution in [-0.2, 0) is 39.1 Å². The molecule has 2 unspecified atom stereocenters. The molecular weight excluding hydrogens is 938 g/mol. The minimum absolute atomic E-state index is 0.00245. The van der Waals surface area contributed by atoms with E-state index < -0.39 is 41.2 Å². The first-order valence-electron chi connectivity index (χ1n) is 24.6. The smallest absolute Gasteiger partial charge is 0.355 e. The summed E-state index contributed by atoms with van der Waals surface area (Å²) in [7, 11) is 1.92. The van der Waals surface area contributed by atoms with Gasteiger partial charge in [0, 0.05) is 80.3 Å². The number of piperidine rings is 1. The van der Waals surface area contributed by atoms with Crippen molar-refractivity contribution < 1.29 is 43.0 Å². The van der Waals surface area contributed by atoms with Crippen molar-refractivity contribution in [3.05, 3.63) is 112 Å². The zero-order valence-electron chi connectivity index (χ0n) is 41.4. The minimum atomic E-state index is -1.12. The van der Waals surface area contributed by atoms with Gasteiger partial charge in [0.1, 0.15) is 28.8 Å². The molecule has 10 rings (SSSR count). The van der Waals surface area contributed by atoms with Gasteiger partial charge in [0.05, 0.1) is 34.0 Å². The number of nitrogens with one attached hydrogen (secondary N) is 1. The molecule has 1 N–H and O–H groups in total. The van der Waals surface area contributed by atoms with Crippen molar-refractivity contribution >= 4 is 68.8 Å². The molecule has 0 saturated carbocycles. The largest absolute Gasteiger partial charge is 0.493 e. The maximum atomic E-state index is 14.7. The van der Waals surface area contributed by atoms with E-state index >= 15 is 0 Å². The topological polar surface area (TPSA) is 175 Å². The number of benzene rings is 4. The van der Waals surface area contributed by atoms with E-state index in [1.54, 1.807) is 11.0 Å². The molecule has 4 aromatic carbocycles. The molecule has 4 aliphatic heterocycles. The Kier molecular flexibility index (Phi) is 12.9. The van der Waals surface area contributed by atoms with Gasteiger partial charge in [-0.3, -0.25) is 38.9 Å². The molecule has 3 fully saturated rings. The number of fused-ring (bicyclic) bond motifs is 4. The Labute approximate surface area is 422 Å². The van der Waals surface area contributed by atoms with Crippen LogP contribution in [0, 0.1) is 25.7 Å². The van der Waals surface area contributed by atoms with Gasteiger partial charge in [-0.2, -0.15) is 5.10 Å². The number of imide groups is 2. The van der Waals surface area contributed by atoms with Crippen LogP contribution in [0.25, 0.3) is 32.8 Å². The monoisotopic (exact) mass is 995 g/mol. The maximum absolute atomic E-state index is 14.7. The minimum Gasteiger partial charge on any atom is -0.493 e. The summed E-state index contributed by atoms with van der Waals surface area (Å²) in [6.45, 7) is 13.3. The van der Waals surface area contributed by atoms with E-state index in [1.165, 1.54) is 12.1 Å². The van der Waals surface area contributed by atoms with Crippen LogP contribution in [0.3, 0.4) is 0 Å². The fraction of sp³-hybridized carbons (Fsp3) is 0.400. The number of nitrogens with zero attached hydrogens (tertiary/aromatic N) is 6. The summed E-state index contributed by atoms with van der Waals surface area (Å²) >= 11 is 7.23. The highest BCUT2D eigenvalue weighted by Crippen LogP contribution is 2.43. The van der Waals surface area contributed by atoms with Crippen molar-refractivity contribution in [3.63, 3.8) is 0 Å². The first kappa shape index (κ1) is 48.6. The number of aryl methyl sites for hydroxylation is 3. The zero-order chi connectivity index (χ0) is 50.7. The number of carbonyl (C=O) groups is 6. The molecule has 2 aromatic heterocycles. The number of halogens is 1. The average molecular weight is 997 g/mol. The third kappa shape index (κ3) is 8.99. The van der Waals surface area contributed by atoms with E-state index in [0.29, 0.717) is 56.3 Å². The Morgan fingerprint density at radius 1 is 0.806 bits per heavy atom. The number of hydrogen-bond acceptors (Lipinski definition) is 11. The predicted molar refractivity (Wildman–Crippen MR) is 270 cm³/mol. The fourth-order valence-corrected chi connectivity index (χ4v) is 11.5. The third-order valence-electron chi connectivity index (χ3n) is 14.5. The first-order chi connectivity index (χ1) is 34.5. The van der Waals surface area contributed by atoms with Crippen molar-refractivity contribution in [2.45, 2.75) is 78.5 Å². The lowest BCUT2D eigenvalue weighted by Crippen LogP contribution is -2.54. The van der Waals surface area contributed by atoms with Crippen molar-refractivity contribution in [2.75, 3.05) is 45.9 Å². The van der Waals surface area contributed by atoms with Crippen LogP contribution in [0.5, 0.6) is 11.5 Å². The summed E-state index contributed by atoms with van der Waals surface area (Å²) in [4.78, 5) is 84.8. The Morgan fingerprint density at radius 3 is 2.25 bits per heavy atom. The van der Waals surface area contributed by atoms with Gasteiger partial charge in [-0.15, -0.1) is 0 Å². The predicted octanol–water partition coefficient (Wildman–Crippen LogP) is 7.30. The molecule has 0 radical (unpaired) electrons. The van der Waals surface area contributed by atoms with E-state index in [0.717, 1.165) is 73.5 Å². The molecule has 16 nitrogen and oxygen atoms in total. The molecule has 0 bridgehead atoms. The number of rotatable bonds is 14. The lowest BCUT2D eigenvalue weighted by atomic mass is 9.98. The van der Waals surface area contributed by atoms with E-state index in [1.807, 2.05) is 82.7 Å². The number of carbonyl (C=O) groups excluding carboxylic acids is 6. The van der Waals surface area contributed by atoms with Crippen LogP contribution >= 0.6 is 11.6 Å². The highest BCUT2D eigenvalue weighted by atomic mass is 35.5. The quantitative estimate of drug-likeness (QED) is 0.0659. The first-order valence-corrected chi connectivity index (χ1v) is 25.0. The van der Waals surface area contributed by atoms with Crippen LogP contribution in [0.1, 0.15) is 88.2 Å². The number of esters is 1. The van der Waals surface area contributed by atoms with E-state index in [4.69, 9.17) is 30.9 Å². The van der Waals surface area contributed by atoms with Crippen LogP contribution < -0.4 is 14.8 Å². The van der Waals surface area contributed by atoms with Gasteiger partial charge in [-0.05, 0) is 101 Å². The zero-order valence-corrected chi connectivity index (χ0v) is 42.1. The molecule has 3 saturated heterocycles. The summed E-state index contributed by atoms with van der Waals surface area (Å²) in [5.41, 5.74) is 5.03. The maximum Gasteiger partial charge on any atom is 0.355 e. The molecule has 3 atom stereocenters. The summed E-state index contributed by atoms with van der Waals surface area (Å²) in [5.74, 6) is -1.87. The summed E-state index contributed by atoms with van der Waals surface area (Å²) in [5, 5.41) is 10.6. The second-order valence-corrected chi connectivity index (χ2v) is 20.8. The number of aromatic nitrogens is 3. The normalized spacial score (nSPS) is 19.1. The SMILES string of the molecule is Cc1nn(C)c(C)c1-c1c(Cl)ccc2c(CCCOc3cccc4ccccc34)c(C(=O)OC(C)(C)C)n(CCN3CC4CN(C(=O)COc5cccc6c5C(=O)N(C5CCC(=O)NC5=O)C6=O)C[C@H]4C3)c12. The Morgan fingerprint density at radius 2 is 1.53 bits per heavy atom. The van der Waals surface area contributed by atoms with Gasteiger partial charge in [0.25, 0.3) is 17.7 Å². The highest BCUT2D eigenvalue weighted by molar-refractivity contribution is 6.35. The standard InChI is InChI=1S/C55H58ClN7O9/c1-31-46(32(2)59(6)58-31)48-40(56)20-19-38-37(16-11-25-70-42-17-9-13-33-12-7-8-14-36(33)42)50(54(69)72-55(3,4)5)62(49(38)48)24-23-60-26-34-28-61(29-35(34)27-60)45(65)30-71-43-18-10-15-39-47(43)53(68)63(52(39)67)41-21-22-44(64)57-51(41)66/h7-10,12-15,17-20,34-35,41H,11,16,21-30H2,1-6H3,(H,57,64,66)/t34-,35?,41?/m1/s1. The average Bonchev–Trinajstić information content (AvgIpc) is 4.12. The molecule has 5 amide bonds. The van der Waals surface area contributed by atoms with Crippen LogP contribution in [0.15, 0.2) is 72.8 Å². The molecule has 0 aliphatic carbocycles. The van der Waals surface area contributed by atoms with Gasteiger partial charge in [0.15, 0.2) is 6.61 Å². The lowest BCUT2D eigenvalue weighted by Gasteiger charge is -2.27. The van der Waals surface area contributed by atoms with Crippen molar-refractivity contribution in [2.24, 2.45) is 18.9 Å². The summed E-state index contributed by atoms with van der Waals surface area (Å²) < 4.78 is 22.5. The Hall–Kier alpha value is -7.04. The summed E-state index contributed by atoms with van der Waals surface area (Å²) in [6.07, 6.45) is 1.21. The van der Waals surface area contributed by atoms with E-state index in [9.17, 15) is 28.8 Å². The van der Waals surface area contributed by atoms with E-state index in [2.05, 4.69) is 33.0 Å². The fourth-order valence-electron chi connectivity index (χ4n) is 11.2. The molecule has 17 heteroatoms. The van der Waals surface area contributed by atoms with Crippen LogP contribution in [-0.4, -0.2) is 122 Å². The van der Waals surface area contributed by atoms with Crippen molar-refractivity contribution in [3.8, 4) is 22.6 Å². The number of ether oxygens (including phenoxy) is 3. The molecule has 374 valence electrons. The molecule has 6 aromatic rings. The van der Waals surface area contributed by atoms with Gasteiger partial charge in [-0.1, -0.05) is 60.1 Å². The van der Waals surface area contributed by atoms with Gasteiger partial charge in [0.2, 0.25) is 11.8 Å². The molecule has 6 heterocycles. The van der Waals surface area contributed by atoms with Crippen LogP contribution in [0.4, 0.5) is 0 Å². The Bertz CT molecular complexity index is 3210. The van der Waals surface area contributed by atoms with Gasteiger partial charge in [-0.25, -0.2) is 4.79 Å².